The minimum absolute atomic E-state index is 0.341. The van der Waals surface area contributed by atoms with Gasteiger partial charge >= 0.3 is 24.3 Å². The second-order valence-electron chi connectivity index (χ2n) is 9.28. The number of carboxylic acid groups (broad SMARTS) is 2. The monoisotopic (exact) mass is 658 g/mol. The molecule has 3 rings (SSSR count). The predicted octanol–water partition coefficient (Wildman–Crippen LogP) is 2.61. The fourth-order valence-electron chi connectivity index (χ4n) is 3.64. The molecule has 18 heteroatoms. The lowest BCUT2D eigenvalue weighted by atomic mass is 10.0. The maximum atomic E-state index is 11.8. The van der Waals surface area contributed by atoms with Gasteiger partial charge in [-0.2, -0.15) is 30.6 Å². The first-order chi connectivity index (χ1) is 20.2. The van der Waals surface area contributed by atoms with Gasteiger partial charge in [0.15, 0.2) is 0 Å². The number of benzene rings is 2. The van der Waals surface area contributed by atoms with Gasteiger partial charge in [0, 0.05) is 38.4 Å². The molecule has 5 N–H and O–H groups in total. The number of anilines is 1. The molecule has 0 bridgehead atoms. The SMILES string of the molecule is CS(=O)(=O)N1CCN(c2ccc(CNC(CCc3ccccc3)C(N)=O)cc2)CC1.O=C(O)C(F)(F)F.O=C(O)C(F)(F)F. The Hall–Kier alpha value is -3.90. The van der Waals surface area contributed by atoms with E-state index in [1.165, 1.54) is 16.1 Å². The third-order valence-corrected chi connectivity index (χ3v) is 7.26. The summed E-state index contributed by atoms with van der Waals surface area (Å²) in [5, 5.41) is 17.5. The van der Waals surface area contributed by atoms with Gasteiger partial charge in [0.05, 0.1) is 12.3 Å². The number of alkyl halides is 6. The molecule has 1 fully saturated rings. The minimum atomic E-state index is -5.08. The van der Waals surface area contributed by atoms with E-state index in [2.05, 4.69) is 10.2 Å². The Morgan fingerprint density at radius 3 is 1.68 bits per heavy atom. The molecule has 44 heavy (non-hydrogen) atoms. The van der Waals surface area contributed by atoms with Crippen LogP contribution in [0, 0.1) is 0 Å². The van der Waals surface area contributed by atoms with Gasteiger partial charge in [0.25, 0.3) is 0 Å². The van der Waals surface area contributed by atoms with E-state index in [4.69, 9.17) is 25.5 Å². The molecule has 246 valence electrons. The zero-order valence-electron chi connectivity index (χ0n) is 23.3. The molecular weight excluding hydrogens is 626 g/mol. The van der Waals surface area contributed by atoms with Crippen LogP contribution in [0.4, 0.5) is 32.0 Å². The van der Waals surface area contributed by atoms with Gasteiger partial charge < -0.3 is 26.2 Å². The summed E-state index contributed by atoms with van der Waals surface area (Å²) in [5.41, 5.74) is 8.90. The summed E-state index contributed by atoms with van der Waals surface area (Å²) in [7, 11) is -3.12. The van der Waals surface area contributed by atoms with Crippen LogP contribution in [0.5, 0.6) is 0 Å². The van der Waals surface area contributed by atoms with Crippen LogP contribution in [0.2, 0.25) is 0 Å². The highest BCUT2D eigenvalue weighted by Crippen LogP contribution is 2.19. The fourth-order valence-corrected chi connectivity index (χ4v) is 4.47. The van der Waals surface area contributed by atoms with Crippen LogP contribution in [0.25, 0.3) is 0 Å². The largest absolute Gasteiger partial charge is 0.490 e. The van der Waals surface area contributed by atoms with Crippen molar-refractivity contribution >= 4 is 33.6 Å². The van der Waals surface area contributed by atoms with Crippen LogP contribution in [0.15, 0.2) is 54.6 Å². The van der Waals surface area contributed by atoms with Crippen molar-refractivity contribution in [3.8, 4) is 0 Å². The highest BCUT2D eigenvalue weighted by molar-refractivity contribution is 7.88. The van der Waals surface area contributed by atoms with Crippen LogP contribution >= 0.6 is 0 Å². The van der Waals surface area contributed by atoms with Gasteiger partial charge in [-0.1, -0.05) is 42.5 Å². The Kier molecular flexibility index (Phi) is 14.6. The lowest BCUT2D eigenvalue weighted by Gasteiger charge is -2.34. The van der Waals surface area contributed by atoms with Crippen molar-refractivity contribution in [3.05, 3.63) is 65.7 Å². The molecule has 1 heterocycles. The average molecular weight is 659 g/mol. The number of primary amides is 1. The Morgan fingerprint density at radius 2 is 1.30 bits per heavy atom. The quantitative estimate of drug-likeness (QED) is 0.296. The standard InChI is InChI=1S/C22H30N4O3S.2C2HF3O2/c1-30(28,29)26-15-13-25(14-16-26)20-10-7-19(8-11-20)17-24-21(22(23)27)12-9-18-5-3-2-4-6-18;2*3-2(4,5)1(6)7/h2-8,10-11,21,24H,9,12-17H2,1H3,(H2,23,27);2*(H,6,7). The van der Waals surface area contributed by atoms with Gasteiger partial charge in [-0.25, -0.2) is 18.0 Å². The van der Waals surface area contributed by atoms with Gasteiger partial charge in [0.2, 0.25) is 15.9 Å². The molecule has 1 atom stereocenters. The number of piperazine rings is 1. The van der Waals surface area contributed by atoms with Crippen LogP contribution < -0.4 is 16.0 Å². The summed E-state index contributed by atoms with van der Waals surface area (Å²) in [5.74, 6) is -5.86. The summed E-state index contributed by atoms with van der Waals surface area (Å²) < 4.78 is 88.3. The Labute approximate surface area is 249 Å². The number of nitrogens with zero attached hydrogens (tertiary/aromatic N) is 2. The van der Waals surface area contributed by atoms with Gasteiger partial charge in [-0.3, -0.25) is 4.79 Å². The van der Waals surface area contributed by atoms with E-state index >= 15 is 0 Å². The van der Waals surface area contributed by atoms with E-state index in [-0.39, 0.29) is 11.9 Å². The average Bonchev–Trinajstić information content (AvgIpc) is 2.93. The fraction of sp³-hybridized carbons (Fsp3) is 0.423. The molecule has 1 amide bonds. The third-order valence-electron chi connectivity index (χ3n) is 5.95. The normalized spacial score (nSPS) is 14.8. The minimum Gasteiger partial charge on any atom is -0.475 e. The molecule has 0 spiro atoms. The zero-order chi connectivity index (χ0) is 33.7. The number of nitrogens with one attached hydrogen (secondary N) is 1. The zero-order valence-corrected chi connectivity index (χ0v) is 24.1. The third kappa shape index (κ3) is 14.5. The van der Waals surface area contributed by atoms with Gasteiger partial charge in [-0.05, 0) is 36.1 Å². The Morgan fingerprint density at radius 1 is 0.841 bits per heavy atom. The van der Waals surface area contributed by atoms with Gasteiger partial charge in [-0.15, -0.1) is 0 Å². The molecule has 0 aromatic heterocycles. The van der Waals surface area contributed by atoms with Gasteiger partial charge in [0.1, 0.15) is 0 Å². The van der Waals surface area contributed by atoms with Crippen molar-refractivity contribution in [2.24, 2.45) is 5.73 Å². The highest BCUT2D eigenvalue weighted by atomic mass is 32.2. The van der Waals surface area contributed by atoms with E-state index in [1.54, 1.807) is 0 Å². The van der Waals surface area contributed by atoms with E-state index in [0.717, 1.165) is 17.7 Å². The lowest BCUT2D eigenvalue weighted by molar-refractivity contribution is -0.193. The topological polar surface area (TPSA) is 170 Å². The van der Waals surface area contributed by atoms with Crippen molar-refractivity contribution in [3.63, 3.8) is 0 Å². The van der Waals surface area contributed by atoms with E-state index in [1.807, 2.05) is 54.6 Å². The number of carbonyl (C=O) groups excluding carboxylic acids is 1. The number of halogens is 6. The summed E-state index contributed by atoms with van der Waals surface area (Å²) in [4.78, 5) is 31.8. The number of amides is 1. The van der Waals surface area contributed by atoms with Crippen molar-refractivity contribution in [1.82, 2.24) is 9.62 Å². The van der Waals surface area contributed by atoms with Crippen LogP contribution in [0.3, 0.4) is 0 Å². The molecule has 1 unspecified atom stereocenters. The molecule has 1 saturated heterocycles. The summed E-state index contributed by atoms with van der Waals surface area (Å²) in [6.07, 6.45) is -7.47. The number of rotatable bonds is 9. The molecule has 1 aliphatic heterocycles. The summed E-state index contributed by atoms with van der Waals surface area (Å²) >= 11 is 0. The smallest absolute Gasteiger partial charge is 0.475 e. The molecule has 0 aliphatic carbocycles. The number of nitrogens with two attached hydrogens (primary N) is 1. The highest BCUT2D eigenvalue weighted by Gasteiger charge is 2.38. The molecule has 2 aromatic rings. The number of sulfonamides is 1. The number of carbonyl (C=O) groups is 3. The second-order valence-corrected chi connectivity index (χ2v) is 11.3. The number of hydrogen-bond donors (Lipinski definition) is 4. The number of aliphatic carboxylic acids is 2. The van der Waals surface area contributed by atoms with Crippen LogP contribution in [0.1, 0.15) is 17.5 Å². The first-order valence-electron chi connectivity index (χ1n) is 12.7. The summed E-state index contributed by atoms with van der Waals surface area (Å²) in [6, 6.07) is 17.8. The lowest BCUT2D eigenvalue weighted by Crippen LogP contribution is -2.48. The number of aryl methyl sites for hydroxylation is 1. The Balaban J connectivity index is 0.000000574. The van der Waals surface area contributed by atoms with Crippen molar-refractivity contribution in [2.45, 2.75) is 37.8 Å². The number of carboxylic acids is 2. The Bertz CT molecular complexity index is 1290. The molecule has 0 saturated carbocycles. The first-order valence-corrected chi connectivity index (χ1v) is 14.5. The molecule has 0 radical (unpaired) electrons. The maximum absolute atomic E-state index is 11.8. The second kappa shape index (κ2) is 16.8. The predicted molar refractivity (Wildman–Crippen MR) is 147 cm³/mol. The number of hydrogen-bond acceptors (Lipinski definition) is 7. The van der Waals surface area contributed by atoms with Crippen molar-refractivity contribution < 1.29 is 59.4 Å². The molecular formula is C26H32F6N4O7S. The van der Waals surface area contributed by atoms with Crippen LogP contribution in [-0.2, 0) is 37.4 Å². The van der Waals surface area contributed by atoms with Crippen LogP contribution in [-0.4, -0.2) is 91.6 Å². The molecule has 1 aliphatic rings. The van der Waals surface area contributed by atoms with Crippen molar-refractivity contribution in [2.75, 3.05) is 37.3 Å². The maximum Gasteiger partial charge on any atom is 0.490 e. The van der Waals surface area contributed by atoms with E-state index < -0.39 is 34.3 Å². The van der Waals surface area contributed by atoms with E-state index in [0.29, 0.717) is 39.1 Å². The summed E-state index contributed by atoms with van der Waals surface area (Å²) in [6.45, 7) is 2.92. The van der Waals surface area contributed by atoms with E-state index in [9.17, 15) is 39.6 Å². The molecule has 2 aromatic carbocycles. The first kappa shape index (κ1) is 38.1. The van der Waals surface area contributed by atoms with Crippen molar-refractivity contribution in [1.29, 1.82) is 0 Å². The molecule has 11 nitrogen and oxygen atoms in total.